The van der Waals surface area contributed by atoms with E-state index in [0.717, 1.165) is 0 Å². The number of rotatable bonds is 7. The van der Waals surface area contributed by atoms with Gasteiger partial charge in [0.1, 0.15) is 0 Å². The number of ether oxygens (including phenoxy) is 1. The van der Waals surface area contributed by atoms with Gasteiger partial charge in [0.15, 0.2) is 0 Å². The van der Waals surface area contributed by atoms with Gasteiger partial charge in [-0.2, -0.15) is 4.31 Å². The molecule has 1 fully saturated rings. The molecule has 10 heteroatoms. The predicted octanol–water partition coefficient (Wildman–Crippen LogP) is 0.875. The second kappa shape index (κ2) is 9.19. The molecule has 2 aromatic carbocycles. The molecule has 168 valence electrons. The highest BCUT2D eigenvalue weighted by Crippen LogP contribution is 2.24. The average Bonchev–Trinajstić information content (AvgIpc) is 3.05. The molecule has 1 N–H and O–H groups in total. The van der Waals surface area contributed by atoms with Gasteiger partial charge in [-0.25, -0.2) is 8.42 Å². The van der Waals surface area contributed by atoms with E-state index in [-0.39, 0.29) is 30.7 Å². The summed E-state index contributed by atoms with van der Waals surface area (Å²) in [5.74, 6) is -1.26. The fourth-order valence-corrected chi connectivity index (χ4v) is 5.00. The maximum Gasteiger partial charge on any atom is 0.261 e. The summed E-state index contributed by atoms with van der Waals surface area (Å²) in [7, 11) is -3.45. The Balaban J connectivity index is 1.31. The number of imide groups is 1. The third-order valence-electron chi connectivity index (χ3n) is 5.44. The first-order chi connectivity index (χ1) is 15.4. The second-order valence-corrected chi connectivity index (χ2v) is 9.61. The number of carbonyl (C=O) groups is 3. The first-order valence-electron chi connectivity index (χ1n) is 10.2. The van der Waals surface area contributed by atoms with E-state index in [0.29, 0.717) is 48.6 Å². The van der Waals surface area contributed by atoms with Crippen LogP contribution in [0.2, 0.25) is 0 Å². The molecule has 0 saturated carbocycles. The van der Waals surface area contributed by atoms with Crippen LogP contribution < -0.4 is 5.32 Å². The Kier molecular flexibility index (Phi) is 6.35. The zero-order chi connectivity index (χ0) is 22.7. The van der Waals surface area contributed by atoms with Crippen LogP contribution in [-0.2, 0) is 21.3 Å². The third-order valence-corrected chi connectivity index (χ3v) is 7.32. The highest BCUT2D eigenvalue weighted by Gasteiger charge is 2.34. The summed E-state index contributed by atoms with van der Waals surface area (Å²) in [6.45, 7) is 1.49. The Morgan fingerprint density at radius 2 is 1.53 bits per heavy atom. The molecule has 0 unspecified atom stereocenters. The van der Waals surface area contributed by atoms with Gasteiger partial charge in [-0.15, -0.1) is 0 Å². The maximum atomic E-state index is 12.5. The largest absolute Gasteiger partial charge is 0.379 e. The molecular formula is C22H23N3O6S. The Bertz CT molecular complexity index is 1110. The number of fused-ring (bicyclic) bond motifs is 1. The summed E-state index contributed by atoms with van der Waals surface area (Å²) in [5.41, 5.74) is 1.84. The number of nitrogens with zero attached hydrogens (tertiary/aromatic N) is 2. The summed E-state index contributed by atoms with van der Waals surface area (Å²) in [5, 5.41) is 2.62. The lowest BCUT2D eigenvalue weighted by molar-refractivity contribution is 0.0641. The van der Waals surface area contributed by atoms with Crippen LogP contribution in [0.1, 0.15) is 36.6 Å². The van der Waals surface area contributed by atoms with Crippen molar-refractivity contribution < 1.29 is 27.5 Å². The molecule has 1 saturated heterocycles. The molecule has 2 aliphatic heterocycles. The zero-order valence-corrected chi connectivity index (χ0v) is 18.1. The zero-order valence-electron chi connectivity index (χ0n) is 17.3. The summed E-state index contributed by atoms with van der Waals surface area (Å²) >= 11 is 0. The Hall–Kier alpha value is -3.08. The van der Waals surface area contributed by atoms with E-state index in [2.05, 4.69) is 5.32 Å². The van der Waals surface area contributed by atoms with Gasteiger partial charge in [-0.05, 0) is 29.8 Å². The molecule has 0 bridgehead atoms. The summed E-state index contributed by atoms with van der Waals surface area (Å²) in [6.07, 6.45) is 0. The molecule has 32 heavy (non-hydrogen) atoms. The van der Waals surface area contributed by atoms with Gasteiger partial charge < -0.3 is 10.1 Å². The van der Waals surface area contributed by atoms with Gasteiger partial charge in [0, 0.05) is 25.2 Å². The quantitative estimate of drug-likeness (QED) is 0.618. The lowest BCUT2D eigenvalue weighted by Crippen LogP contribution is -2.43. The standard InChI is InChI=1S/C22H23N3O6S/c26-20(23-9-14-32(29,30)24-10-12-31-13-11-24)17-7-5-16(6-8-17)15-25-21(27)18-3-1-2-4-19(18)22(25)28/h1-8H,9-15H2,(H,23,26). The SMILES string of the molecule is O=C(NCCS(=O)(=O)N1CCOCC1)c1ccc(CN2C(=O)c3ccccc3C2=O)cc1. The predicted molar refractivity (Wildman–Crippen MR) is 116 cm³/mol. The maximum absolute atomic E-state index is 12.5. The average molecular weight is 458 g/mol. The summed E-state index contributed by atoms with van der Waals surface area (Å²) < 4.78 is 31.1. The van der Waals surface area contributed by atoms with Crippen LogP contribution in [0.3, 0.4) is 0 Å². The van der Waals surface area contributed by atoms with Crippen LogP contribution in [0.25, 0.3) is 0 Å². The van der Waals surface area contributed by atoms with Crippen molar-refractivity contribution in [2.24, 2.45) is 0 Å². The van der Waals surface area contributed by atoms with E-state index in [1.807, 2.05) is 0 Å². The smallest absolute Gasteiger partial charge is 0.261 e. The minimum atomic E-state index is -3.45. The van der Waals surface area contributed by atoms with E-state index >= 15 is 0 Å². The first kappa shape index (κ1) is 22.1. The Morgan fingerprint density at radius 3 is 2.12 bits per heavy atom. The molecule has 0 radical (unpaired) electrons. The lowest BCUT2D eigenvalue weighted by Gasteiger charge is -2.26. The van der Waals surface area contributed by atoms with Crippen molar-refractivity contribution in [3.8, 4) is 0 Å². The topological polar surface area (TPSA) is 113 Å². The fourth-order valence-electron chi connectivity index (χ4n) is 3.68. The van der Waals surface area contributed by atoms with Gasteiger partial charge in [0.05, 0.1) is 36.6 Å². The molecule has 4 rings (SSSR count). The Labute approximate surface area is 186 Å². The van der Waals surface area contributed by atoms with Crippen molar-refractivity contribution in [1.82, 2.24) is 14.5 Å². The number of benzene rings is 2. The van der Waals surface area contributed by atoms with Crippen LogP contribution in [0.4, 0.5) is 0 Å². The monoisotopic (exact) mass is 457 g/mol. The molecule has 0 aromatic heterocycles. The van der Waals surface area contributed by atoms with Crippen LogP contribution in [0.5, 0.6) is 0 Å². The van der Waals surface area contributed by atoms with Gasteiger partial charge in [0.25, 0.3) is 17.7 Å². The molecule has 3 amide bonds. The van der Waals surface area contributed by atoms with E-state index in [4.69, 9.17) is 4.74 Å². The molecule has 2 heterocycles. The number of hydrogen-bond donors (Lipinski definition) is 1. The van der Waals surface area contributed by atoms with Crippen molar-refractivity contribution in [1.29, 1.82) is 0 Å². The second-order valence-electron chi connectivity index (χ2n) is 7.52. The van der Waals surface area contributed by atoms with Crippen molar-refractivity contribution in [3.05, 3.63) is 70.8 Å². The summed E-state index contributed by atoms with van der Waals surface area (Å²) in [4.78, 5) is 38.5. The Morgan fingerprint density at radius 1 is 0.938 bits per heavy atom. The van der Waals surface area contributed by atoms with Gasteiger partial charge in [-0.1, -0.05) is 24.3 Å². The van der Waals surface area contributed by atoms with Gasteiger partial charge in [0.2, 0.25) is 10.0 Å². The van der Waals surface area contributed by atoms with E-state index in [1.165, 1.54) is 9.21 Å². The van der Waals surface area contributed by atoms with Gasteiger partial charge >= 0.3 is 0 Å². The van der Waals surface area contributed by atoms with Crippen LogP contribution >= 0.6 is 0 Å². The van der Waals surface area contributed by atoms with Crippen LogP contribution in [0, 0.1) is 0 Å². The third kappa shape index (κ3) is 4.57. The number of morpholine rings is 1. The summed E-state index contributed by atoms with van der Waals surface area (Å²) in [6, 6.07) is 13.2. The van der Waals surface area contributed by atoms with E-state index < -0.39 is 15.9 Å². The van der Waals surface area contributed by atoms with Crippen molar-refractivity contribution in [3.63, 3.8) is 0 Å². The minimum Gasteiger partial charge on any atom is -0.379 e. The number of hydrogen-bond acceptors (Lipinski definition) is 6. The van der Waals surface area contributed by atoms with Gasteiger partial charge in [-0.3, -0.25) is 19.3 Å². The number of carbonyl (C=O) groups excluding carboxylic acids is 3. The van der Waals surface area contributed by atoms with Crippen molar-refractivity contribution in [2.45, 2.75) is 6.54 Å². The first-order valence-corrected chi connectivity index (χ1v) is 11.9. The van der Waals surface area contributed by atoms with Crippen LogP contribution in [-0.4, -0.2) is 73.9 Å². The molecule has 0 aliphatic carbocycles. The number of sulfonamides is 1. The van der Waals surface area contributed by atoms with Crippen molar-refractivity contribution in [2.75, 3.05) is 38.6 Å². The lowest BCUT2D eigenvalue weighted by atomic mass is 10.1. The van der Waals surface area contributed by atoms with Crippen LogP contribution in [0.15, 0.2) is 48.5 Å². The molecule has 2 aliphatic rings. The molecule has 0 atom stereocenters. The molecule has 2 aromatic rings. The highest BCUT2D eigenvalue weighted by atomic mass is 32.2. The molecule has 0 spiro atoms. The van der Waals surface area contributed by atoms with Crippen molar-refractivity contribution >= 4 is 27.7 Å². The van der Waals surface area contributed by atoms with E-state index in [9.17, 15) is 22.8 Å². The fraction of sp³-hybridized carbons (Fsp3) is 0.318. The number of nitrogens with one attached hydrogen (secondary N) is 1. The molecule has 9 nitrogen and oxygen atoms in total. The highest BCUT2D eigenvalue weighted by molar-refractivity contribution is 7.89. The van der Waals surface area contributed by atoms with E-state index in [1.54, 1.807) is 48.5 Å². The number of amides is 3. The minimum absolute atomic E-state index is 0.00465. The molecular weight excluding hydrogens is 434 g/mol. The normalized spacial score (nSPS) is 16.8.